The van der Waals surface area contributed by atoms with E-state index in [1.165, 1.54) is 44.9 Å². The summed E-state index contributed by atoms with van der Waals surface area (Å²) < 4.78 is 0. The van der Waals surface area contributed by atoms with Gasteiger partial charge in [-0.25, -0.2) is 0 Å². The Balaban J connectivity index is 4.09. The first-order valence-corrected chi connectivity index (χ1v) is 7.17. The van der Waals surface area contributed by atoms with Crippen LogP contribution in [0, 0.1) is 17.8 Å². The van der Waals surface area contributed by atoms with Crippen molar-refractivity contribution in [3.8, 4) is 0 Å². The molecule has 3 atom stereocenters. The van der Waals surface area contributed by atoms with E-state index in [0.29, 0.717) is 0 Å². The summed E-state index contributed by atoms with van der Waals surface area (Å²) in [5.74, 6) is 2.84. The highest BCUT2D eigenvalue weighted by atomic mass is 14.3. The minimum absolute atomic E-state index is 0.932. The Morgan fingerprint density at radius 3 is 1.67 bits per heavy atom. The van der Waals surface area contributed by atoms with E-state index < -0.39 is 0 Å². The Bertz CT molecular complexity index is 128. The molecule has 0 rings (SSSR count). The van der Waals surface area contributed by atoms with Gasteiger partial charge < -0.3 is 0 Å². The van der Waals surface area contributed by atoms with Gasteiger partial charge in [-0.3, -0.25) is 0 Å². The van der Waals surface area contributed by atoms with Crippen LogP contribution in [0.1, 0.15) is 79.6 Å². The van der Waals surface area contributed by atoms with E-state index in [1.807, 2.05) is 0 Å². The highest BCUT2D eigenvalue weighted by Crippen LogP contribution is 2.31. The Labute approximate surface area is 97.8 Å². The summed E-state index contributed by atoms with van der Waals surface area (Å²) in [5, 5.41) is 0. The Hall–Kier alpha value is 0. The average Bonchev–Trinajstić information content (AvgIpc) is 2.22. The Morgan fingerprint density at radius 2 is 1.20 bits per heavy atom. The van der Waals surface area contributed by atoms with Gasteiger partial charge in [-0.15, -0.1) is 0 Å². The Morgan fingerprint density at radius 1 is 0.667 bits per heavy atom. The highest BCUT2D eigenvalue weighted by molar-refractivity contribution is 4.72. The number of hydrogen-bond acceptors (Lipinski definition) is 0. The van der Waals surface area contributed by atoms with Crippen molar-refractivity contribution in [2.75, 3.05) is 0 Å². The molecule has 0 fully saturated rings. The maximum Gasteiger partial charge on any atom is -0.0363 e. The minimum atomic E-state index is 0.932. The van der Waals surface area contributed by atoms with E-state index in [-0.39, 0.29) is 0 Å². The molecule has 0 aromatic carbocycles. The zero-order valence-corrected chi connectivity index (χ0v) is 11.7. The van der Waals surface area contributed by atoms with Crippen LogP contribution in [0.25, 0.3) is 0 Å². The lowest BCUT2D eigenvalue weighted by atomic mass is 9.76. The summed E-state index contributed by atoms with van der Waals surface area (Å²) in [6.45, 7) is 11.9. The smallest absolute Gasteiger partial charge is 0.0363 e. The molecule has 0 heteroatoms. The zero-order chi connectivity index (χ0) is 11.7. The number of rotatable bonds is 9. The van der Waals surface area contributed by atoms with Crippen molar-refractivity contribution in [2.24, 2.45) is 17.8 Å². The van der Waals surface area contributed by atoms with Crippen molar-refractivity contribution in [1.29, 1.82) is 0 Å². The van der Waals surface area contributed by atoms with Crippen LogP contribution in [0.2, 0.25) is 0 Å². The summed E-state index contributed by atoms with van der Waals surface area (Å²) in [7, 11) is 0. The lowest BCUT2D eigenvalue weighted by molar-refractivity contribution is 0.212. The van der Waals surface area contributed by atoms with Crippen LogP contribution < -0.4 is 0 Å². The van der Waals surface area contributed by atoms with Crippen LogP contribution in [0.4, 0.5) is 0 Å². The maximum atomic E-state index is 2.47. The summed E-state index contributed by atoms with van der Waals surface area (Å²) >= 11 is 0. The quantitative estimate of drug-likeness (QED) is 0.462. The van der Waals surface area contributed by atoms with Gasteiger partial charge in [0.15, 0.2) is 0 Å². The maximum absolute atomic E-state index is 2.47. The molecule has 0 aliphatic heterocycles. The molecule has 0 N–H and O–H groups in total. The van der Waals surface area contributed by atoms with Gasteiger partial charge >= 0.3 is 0 Å². The molecule has 3 unspecified atom stereocenters. The van der Waals surface area contributed by atoms with Gasteiger partial charge in [0.2, 0.25) is 0 Å². The van der Waals surface area contributed by atoms with E-state index in [4.69, 9.17) is 0 Å². The van der Waals surface area contributed by atoms with Crippen LogP contribution in [-0.4, -0.2) is 0 Å². The van der Waals surface area contributed by atoms with Gasteiger partial charge in [0.05, 0.1) is 0 Å². The van der Waals surface area contributed by atoms with Crippen molar-refractivity contribution in [1.82, 2.24) is 0 Å². The fourth-order valence-electron chi connectivity index (χ4n) is 2.87. The van der Waals surface area contributed by atoms with Crippen molar-refractivity contribution in [3.63, 3.8) is 0 Å². The van der Waals surface area contributed by atoms with Crippen LogP contribution in [0.3, 0.4) is 0 Å². The highest BCUT2D eigenvalue weighted by Gasteiger charge is 2.21. The van der Waals surface area contributed by atoms with Gasteiger partial charge in [-0.1, -0.05) is 79.6 Å². The molecule has 0 heterocycles. The molecule has 92 valence electrons. The molecule has 0 aromatic heterocycles. The van der Waals surface area contributed by atoms with Crippen molar-refractivity contribution in [2.45, 2.75) is 79.6 Å². The summed E-state index contributed by atoms with van der Waals surface area (Å²) in [5.41, 5.74) is 0. The molecule has 0 saturated heterocycles. The molecule has 0 radical (unpaired) electrons. The lowest BCUT2D eigenvalue weighted by Crippen LogP contribution is -2.20. The summed E-state index contributed by atoms with van der Waals surface area (Å²) in [6.07, 6.45) is 9.77. The second-order valence-corrected chi connectivity index (χ2v) is 5.34. The van der Waals surface area contributed by atoms with Crippen LogP contribution in [-0.2, 0) is 0 Å². The summed E-state index contributed by atoms with van der Waals surface area (Å²) in [4.78, 5) is 0. The third-order valence-electron chi connectivity index (χ3n) is 3.84. The van der Waals surface area contributed by atoms with Crippen molar-refractivity contribution >= 4 is 0 Å². The van der Waals surface area contributed by atoms with E-state index in [0.717, 1.165) is 17.8 Å². The molecular weight excluding hydrogens is 180 g/mol. The first kappa shape index (κ1) is 15.0. The minimum Gasteiger partial charge on any atom is -0.0654 e. The second kappa shape index (κ2) is 9.24. The number of unbranched alkanes of at least 4 members (excludes halogenated alkanes) is 1. The molecule has 0 saturated carbocycles. The van der Waals surface area contributed by atoms with E-state index >= 15 is 0 Å². The predicted molar refractivity (Wildman–Crippen MR) is 71.2 cm³/mol. The van der Waals surface area contributed by atoms with Crippen LogP contribution in [0.15, 0.2) is 0 Å². The third-order valence-corrected chi connectivity index (χ3v) is 3.84. The average molecular weight is 212 g/mol. The molecular formula is C15H32. The normalized spacial score (nSPS) is 17.4. The third kappa shape index (κ3) is 6.22. The molecule has 0 bridgehead atoms. The zero-order valence-electron chi connectivity index (χ0n) is 11.7. The van der Waals surface area contributed by atoms with Gasteiger partial charge in [-0.2, -0.15) is 0 Å². The van der Waals surface area contributed by atoms with E-state index in [9.17, 15) is 0 Å². The van der Waals surface area contributed by atoms with Crippen LogP contribution >= 0.6 is 0 Å². The fourth-order valence-corrected chi connectivity index (χ4v) is 2.87. The van der Waals surface area contributed by atoms with Gasteiger partial charge in [0.1, 0.15) is 0 Å². The standard InChI is InChI=1S/C15H32/c1-6-9-12-14(5)15(11-8-3)13(4)10-7-2/h13-15H,6-12H2,1-5H3. The van der Waals surface area contributed by atoms with E-state index in [2.05, 4.69) is 34.6 Å². The SMILES string of the molecule is CCCCC(C)C(CCC)C(C)CCC. The van der Waals surface area contributed by atoms with Gasteiger partial charge in [0, 0.05) is 0 Å². The monoisotopic (exact) mass is 212 g/mol. The first-order valence-electron chi connectivity index (χ1n) is 7.17. The fraction of sp³-hybridized carbons (Fsp3) is 1.00. The van der Waals surface area contributed by atoms with Crippen molar-refractivity contribution < 1.29 is 0 Å². The summed E-state index contributed by atoms with van der Waals surface area (Å²) in [6, 6.07) is 0. The van der Waals surface area contributed by atoms with Gasteiger partial charge in [-0.05, 0) is 17.8 Å². The number of hydrogen-bond donors (Lipinski definition) is 0. The van der Waals surface area contributed by atoms with E-state index in [1.54, 1.807) is 0 Å². The van der Waals surface area contributed by atoms with Crippen LogP contribution in [0.5, 0.6) is 0 Å². The first-order chi connectivity index (χ1) is 7.17. The topological polar surface area (TPSA) is 0 Å². The van der Waals surface area contributed by atoms with Crippen molar-refractivity contribution in [3.05, 3.63) is 0 Å². The lowest BCUT2D eigenvalue weighted by Gasteiger charge is -2.29. The predicted octanol–water partition coefficient (Wildman–Crippen LogP) is 5.67. The second-order valence-electron chi connectivity index (χ2n) is 5.34. The molecule has 15 heavy (non-hydrogen) atoms. The molecule has 0 spiro atoms. The largest absolute Gasteiger partial charge is 0.0654 e. The molecule has 0 aliphatic rings. The molecule has 0 nitrogen and oxygen atoms in total. The van der Waals surface area contributed by atoms with Gasteiger partial charge in [0.25, 0.3) is 0 Å². The molecule has 0 aromatic rings. The molecule has 0 amide bonds. The molecule has 0 aliphatic carbocycles. The Kier molecular flexibility index (Phi) is 9.24.